The van der Waals surface area contributed by atoms with Crippen molar-refractivity contribution in [2.45, 2.75) is 12.3 Å². The molecule has 0 saturated carbocycles. The molecule has 0 aromatic heterocycles. The fourth-order valence-electron chi connectivity index (χ4n) is 1.48. The van der Waals surface area contributed by atoms with Crippen LogP contribution in [0.4, 0.5) is 0 Å². The molecule has 0 bridgehead atoms. The molecular weight excluding hydrogens is 152 g/mol. The van der Waals surface area contributed by atoms with Gasteiger partial charge < -0.3 is 4.74 Å². The van der Waals surface area contributed by atoms with E-state index in [1.54, 1.807) is 0 Å². The van der Waals surface area contributed by atoms with Crippen molar-refractivity contribution >= 4 is 5.97 Å². The van der Waals surface area contributed by atoms with Gasteiger partial charge in [0.15, 0.2) is 0 Å². The van der Waals surface area contributed by atoms with Crippen LogP contribution in [0.15, 0.2) is 30.3 Å². The van der Waals surface area contributed by atoms with E-state index < -0.39 is 0 Å². The van der Waals surface area contributed by atoms with Crippen LogP contribution in [0.1, 0.15) is 17.9 Å². The topological polar surface area (TPSA) is 26.3 Å². The maximum Gasteiger partial charge on any atom is 0.313 e. The Bertz CT molecular complexity index is 279. The fraction of sp³-hybridized carbons (Fsp3) is 0.300. The Morgan fingerprint density at radius 2 is 2.00 bits per heavy atom. The van der Waals surface area contributed by atoms with Crippen LogP contribution in [0, 0.1) is 0 Å². The van der Waals surface area contributed by atoms with E-state index in [1.165, 1.54) is 0 Å². The second-order valence-electron chi connectivity index (χ2n) is 2.92. The lowest BCUT2D eigenvalue weighted by molar-refractivity contribution is -0.139. The molecule has 1 saturated heterocycles. The van der Waals surface area contributed by atoms with Crippen molar-refractivity contribution in [3.05, 3.63) is 35.9 Å². The third-order valence-electron chi connectivity index (χ3n) is 2.14. The van der Waals surface area contributed by atoms with Gasteiger partial charge in [0.1, 0.15) is 0 Å². The molecule has 0 N–H and O–H groups in total. The summed E-state index contributed by atoms with van der Waals surface area (Å²) >= 11 is 0. The zero-order valence-corrected chi connectivity index (χ0v) is 6.69. The van der Waals surface area contributed by atoms with Crippen LogP contribution in [0.5, 0.6) is 0 Å². The molecule has 0 unspecified atom stereocenters. The Hall–Kier alpha value is -1.31. The number of hydrogen-bond donors (Lipinski definition) is 0. The average molecular weight is 162 g/mol. The van der Waals surface area contributed by atoms with Gasteiger partial charge in [0, 0.05) is 0 Å². The number of benzene rings is 1. The summed E-state index contributed by atoms with van der Waals surface area (Å²) in [5, 5.41) is 0. The van der Waals surface area contributed by atoms with Crippen molar-refractivity contribution in [2.75, 3.05) is 6.61 Å². The number of esters is 1. The molecule has 62 valence electrons. The lowest BCUT2D eigenvalue weighted by atomic mass is 9.98. The van der Waals surface area contributed by atoms with Crippen molar-refractivity contribution in [1.82, 2.24) is 0 Å². The van der Waals surface area contributed by atoms with Gasteiger partial charge in [-0.2, -0.15) is 0 Å². The van der Waals surface area contributed by atoms with Gasteiger partial charge >= 0.3 is 5.97 Å². The summed E-state index contributed by atoms with van der Waals surface area (Å²) in [6.07, 6.45) is 0.822. The van der Waals surface area contributed by atoms with Crippen LogP contribution < -0.4 is 0 Å². The van der Waals surface area contributed by atoms with E-state index in [0.717, 1.165) is 12.0 Å². The Labute approximate surface area is 71.2 Å². The van der Waals surface area contributed by atoms with Gasteiger partial charge in [0.25, 0.3) is 0 Å². The van der Waals surface area contributed by atoms with E-state index in [2.05, 4.69) is 0 Å². The standard InChI is InChI=1S/C10H10O2/c11-10-9(6-7-12-10)8-4-2-1-3-5-8/h1-5,9H,6-7H2/t9-/m1/s1. The van der Waals surface area contributed by atoms with Crippen LogP contribution in [-0.4, -0.2) is 12.6 Å². The van der Waals surface area contributed by atoms with E-state index in [9.17, 15) is 4.79 Å². The quantitative estimate of drug-likeness (QED) is 0.588. The first-order valence-electron chi connectivity index (χ1n) is 4.09. The van der Waals surface area contributed by atoms with Crippen molar-refractivity contribution < 1.29 is 9.53 Å². The number of cyclic esters (lactones) is 1. The molecule has 1 fully saturated rings. The third kappa shape index (κ3) is 1.20. The molecule has 0 radical (unpaired) electrons. The van der Waals surface area contributed by atoms with Gasteiger partial charge in [-0.1, -0.05) is 30.3 Å². The van der Waals surface area contributed by atoms with Gasteiger partial charge in [0.2, 0.25) is 0 Å². The molecule has 12 heavy (non-hydrogen) atoms. The highest BCUT2D eigenvalue weighted by Crippen LogP contribution is 2.25. The maximum atomic E-state index is 11.2. The second-order valence-corrected chi connectivity index (χ2v) is 2.92. The zero-order valence-electron chi connectivity index (χ0n) is 6.69. The molecule has 1 aliphatic rings. The molecule has 1 aliphatic heterocycles. The number of carbonyl (C=O) groups excluding carboxylic acids is 1. The largest absolute Gasteiger partial charge is 0.465 e. The van der Waals surface area contributed by atoms with E-state index in [4.69, 9.17) is 4.74 Å². The summed E-state index contributed by atoms with van der Waals surface area (Å²) in [7, 11) is 0. The average Bonchev–Trinajstić information content (AvgIpc) is 2.53. The molecule has 0 spiro atoms. The lowest BCUT2D eigenvalue weighted by Gasteiger charge is -2.03. The smallest absolute Gasteiger partial charge is 0.313 e. The Morgan fingerprint density at radius 1 is 1.25 bits per heavy atom. The molecular formula is C10H10O2. The minimum absolute atomic E-state index is 0.0220. The Balaban J connectivity index is 2.25. The minimum Gasteiger partial charge on any atom is -0.465 e. The number of carbonyl (C=O) groups is 1. The normalized spacial score (nSPS) is 22.3. The third-order valence-corrected chi connectivity index (χ3v) is 2.14. The summed E-state index contributed by atoms with van der Waals surface area (Å²) in [6, 6.07) is 9.78. The number of ether oxygens (including phenoxy) is 1. The zero-order chi connectivity index (χ0) is 8.39. The highest BCUT2D eigenvalue weighted by atomic mass is 16.5. The molecule has 2 heteroatoms. The van der Waals surface area contributed by atoms with E-state index in [0.29, 0.717) is 6.61 Å². The molecule has 1 heterocycles. The Morgan fingerprint density at radius 3 is 2.58 bits per heavy atom. The SMILES string of the molecule is O=C1OCC[C@@H]1c1ccccc1. The van der Waals surface area contributed by atoms with E-state index in [-0.39, 0.29) is 11.9 Å². The lowest BCUT2D eigenvalue weighted by Crippen LogP contribution is -2.04. The molecule has 2 rings (SSSR count). The number of hydrogen-bond acceptors (Lipinski definition) is 2. The summed E-state index contributed by atoms with van der Waals surface area (Å²) in [5.41, 5.74) is 1.07. The van der Waals surface area contributed by atoms with Gasteiger partial charge in [0.05, 0.1) is 12.5 Å². The highest BCUT2D eigenvalue weighted by molar-refractivity contribution is 5.79. The van der Waals surface area contributed by atoms with Crippen LogP contribution >= 0.6 is 0 Å². The van der Waals surface area contributed by atoms with Crippen molar-refractivity contribution in [3.63, 3.8) is 0 Å². The van der Waals surface area contributed by atoms with Gasteiger partial charge in [-0.15, -0.1) is 0 Å². The number of rotatable bonds is 1. The van der Waals surface area contributed by atoms with Crippen LogP contribution in [0.25, 0.3) is 0 Å². The van der Waals surface area contributed by atoms with Crippen LogP contribution in [0.2, 0.25) is 0 Å². The molecule has 1 atom stereocenters. The predicted octanol–water partition coefficient (Wildman–Crippen LogP) is 1.72. The molecule has 0 amide bonds. The first-order valence-corrected chi connectivity index (χ1v) is 4.09. The monoisotopic (exact) mass is 162 g/mol. The summed E-state index contributed by atoms with van der Waals surface area (Å²) < 4.78 is 4.88. The van der Waals surface area contributed by atoms with Crippen molar-refractivity contribution in [3.8, 4) is 0 Å². The second kappa shape index (κ2) is 2.97. The molecule has 1 aromatic carbocycles. The molecule has 1 aromatic rings. The van der Waals surface area contributed by atoms with Crippen molar-refractivity contribution in [2.24, 2.45) is 0 Å². The van der Waals surface area contributed by atoms with E-state index in [1.807, 2.05) is 30.3 Å². The Kier molecular flexibility index (Phi) is 1.82. The predicted molar refractivity (Wildman–Crippen MR) is 44.8 cm³/mol. The first kappa shape index (κ1) is 7.35. The van der Waals surface area contributed by atoms with Crippen molar-refractivity contribution in [1.29, 1.82) is 0 Å². The van der Waals surface area contributed by atoms with Gasteiger partial charge in [-0.25, -0.2) is 0 Å². The summed E-state index contributed by atoms with van der Waals surface area (Å²) in [4.78, 5) is 11.2. The molecule has 2 nitrogen and oxygen atoms in total. The summed E-state index contributed by atoms with van der Waals surface area (Å²) in [5.74, 6) is -0.104. The molecule has 0 aliphatic carbocycles. The fourth-order valence-corrected chi connectivity index (χ4v) is 1.48. The first-order chi connectivity index (χ1) is 5.88. The minimum atomic E-state index is -0.0822. The highest BCUT2D eigenvalue weighted by Gasteiger charge is 2.27. The maximum absolute atomic E-state index is 11.2. The van der Waals surface area contributed by atoms with E-state index >= 15 is 0 Å². The summed E-state index contributed by atoms with van der Waals surface area (Å²) in [6.45, 7) is 0.568. The van der Waals surface area contributed by atoms with Gasteiger partial charge in [-0.3, -0.25) is 4.79 Å². The van der Waals surface area contributed by atoms with Gasteiger partial charge in [-0.05, 0) is 12.0 Å². The van der Waals surface area contributed by atoms with Crippen LogP contribution in [0.3, 0.4) is 0 Å². The van der Waals surface area contributed by atoms with Crippen LogP contribution in [-0.2, 0) is 9.53 Å².